The molecule has 2 aromatic carbocycles. The van der Waals surface area contributed by atoms with Crippen molar-refractivity contribution in [3.8, 4) is 22.8 Å². The van der Waals surface area contributed by atoms with Crippen LogP contribution in [0.5, 0.6) is 0 Å². The van der Waals surface area contributed by atoms with E-state index in [0.717, 1.165) is 16.3 Å². The van der Waals surface area contributed by atoms with E-state index in [2.05, 4.69) is 25.3 Å². The number of nitrogens with two attached hydrogens (primary N) is 2. The number of fused-ring (bicyclic) bond motifs is 1. The molecule has 3 heterocycles. The maximum atomic E-state index is 12.7. The zero-order chi connectivity index (χ0) is 25.8. The number of hydrogen-bond acceptors (Lipinski definition) is 7. The molecule has 0 aliphatic rings. The SMILES string of the molecule is NC(=O)C(Nc1cc(-c2cccnc2)nc(-c2ccccn2)n1)C(C(N)=O)c1ccc2ccccc2c1. The monoisotopic (exact) mass is 489 g/mol. The van der Waals surface area contributed by atoms with Crippen LogP contribution in [0.4, 0.5) is 5.82 Å². The molecule has 0 radical (unpaired) electrons. The summed E-state index contributed by atoms with van der Waals surface area (Å²) in [5.41, 5.74) is 14.0. The molecule has 0 saturated carbocycles. The summed E-state index contributed by atoms with van der Waals surface area (Å²) in [6, 6.07) is 22.7. The smallest absolute Gasteiger partial charge is 0.241 e. The van der Waals surface area contributed by atoms with Crippen molar-refractivity contribution in [1.82, 2.24) is 19.9 Å². The largest absolute Gasteiger partial charge is 0.369 e. The lowest BCUT2D eigenvalue weighted by atomic mass is 9.88. The predicted molar refractivity (Wildman–Crippen MR) is 141 cm³/mol. The number of nitrogens with zero attached hydrogens (tertiary/aromatic N) is 4. The maximum absolute atomic E-state index is 12.7. The molecule has 5 rings (SSSR count). The molecule has 0 saturated heterocycles. The van der Waals surface area contributed by atoms with E-state index >= 15 is 0 Å². The highest BCUT2D eigenvalue weighted by Crippen LogP contribution is 2.28. The Labute approximate surface area is 212 Å². The standard InChI is InChI=1S/C28H23N7O2/c29-26(36)24(19-11-10-17-6-1-2-7-18(17)14-19)25(27(30)37)34-23-15-22(20-8-5-12-31-16-20)33-28(35-23)21-9-3-4-13-32-21/h1-16,24-25H,(H2,29,36)(H2,30,37)(H,33,34,35). The van der Waals surface area contributed by atoms with Crippen molar-refractivity contribution in [2.45, 2.75) is 12.0 Å². The second-order valence-corrected chi connectivity index (χ2v) is 8.43. The molecule has 0 aliphatic heterocycles. The lowest BCUT2D eigenvalue weighted by molar-refractivity contribution is -0.125. The van der Waals surface area contributed by atoms with Gasteiger partial charge in [-0.2, -0.15) is 0 Å². The van der Waals surface area contributed by atoms with Crippen molar-refractivity contribution in [2.24, 2.45) is 11.5 Å². The van der Waals surface area contributed by atoms with Crippen LogP contribution in [0.3, 0.4) is 0 Å². The third kappa shape index (κ3) is 5.10. The van der Waals surface area contributed by atoms with E-state index in [9.17, 15) is 9.59 Å². The second kappa shape index (κ2) is 10.2. The number of primary amides is 2. The van der Waals surface area contributed by atoms with Crippen molar-refractivity contribution >= 4 is 28.4 Å². The quantitative estimate of drug-likeness (QED) is 0.303. The zero-order valence-corrected chi connectivity index (χ0v) is 19.7. The average molecular weight is 490 g/mol. The van der Waals surface area contributed by atoms with E-state index in [1.165, 1.54) is 0 Å². The molecule has 0 spiro atoms. The summed E-state index contributed by atoms with van der Waals surface area (Å²) in [6.07, 6.45) is 4.96. The highest BCUT2D eigenvalue weighted by Gasteiger charge is 2.33. The highest BCUT2D eigenvalue weighted by molar-refractivity contribution is 5.95. The number of rotatable bonds is 8. The van der Waals surface area contributed by atoms with Crippen molar-refractivity contribution in [1.29, 1.82) is 0 Å². The van der Waals surface area contributed by atoms with Gasteiger partial charge in [-0.3, -0.25) is 19.6 Å². The molecule has 5 N–H and O–H groups in total. The topological polar surface area (TPSA) is 150 Å². The maximum Gasteiger partial charge on any atom is 0.241 e. The molecule has 9 nitrogen and oxygen atoms in total. The van der Waals surface area contributed by atoms with Crippen LogP contribution < -0.4 is 16.8 Å². The molecule has 3 aromatic heterocycles. The number of carbonyl (C=O) groups excluding carboxylic acids is 2. The van der Waals surface area contributed by atoms with Crippen LogP contribution in [0.2, 0.25) is 0 Å². The van der Waals surface area contributed by atoms with Crippen molar-refractivity contribution in [3.05, 3.63) is 103 Å². The Morgan fingerprint density at radius 3 is 2.27 bits per heavy atom. The van der Waals surface area contributed by atoms with Crippen LogP contribution in [-0.4, -0.2) is 37.8 Å². The number of nitrogens with one attached hydrogen (secondary N) is 1. The normalized spacial score (nSPS) is 12.5. The van der Waals surface area contributed by atoms with E-state index in [1.807, 2.05) is 48.5 Å². The summed E-state index contributed by atoms with van der Waals surface area (Å²) in [6.45, 7) is 0. The lowest BCUT2D eigenvalue weighted by Crippen LogP contribution is -2.45. The molecule has 182 valence electrons. The minimum absolute atomic E-state index is 0.283. The van der Waals surface area contributed by atoms with Gasteiger partial charge in [-0.15, -0.1) is 0 Å². The summed E-state index contributed by atoms with van der Waals surface area (Å²) in [5, 5.41) is 4.96. The molecule has 0 aliphatic carbocycles. The third-order valence-corrected chi connectivity index (χ3v) is 5.96. The molecule has 5 aromatic rings. The Balaban J connectivity index is 1.58. The lowest BCUT2D eigenvalue weighted by Gasteiger charge is -2.25. The molecule has 9 heteroatoms. The minimum atomic E-state index is -1.17. The number of hydrogen-bond donors (Lipinski definition) is 3. The van der Waals surface area contributed by atoms with E-state index < -0.39 is 23.8 Å². The molecule has 2 atom stereocenters. The Morgan fingerprint density at radius 2 is 1.57 bits per heavy atom. The Hall–Kier alpha value is -5.18. The van der Waals surface area contributed by atoms with Gasteiger partial charge in [0.15, 0.2) is 5.82 Å². The first-order chi connectivity index (χ1) is 18.0. The van der Waals surface area contributed by atoms with Gasteiger partial charge in [0.05, 0.1) is 11.6 Å². The number of amides is 2. The fourth-order valence-corrected chi connectivity index (χ4v) is 4.19. The minimum Gasteiger partial charge on any atom is -0.369 e. The Kier molecular flexibility index (Phi) is 6.50. The fraction of sp³-hybridized carbons (Fsp3) is 0.0714. The fourth-order valence-electron chi connectivity index (χ4n) is 4.19. The van der Waals surface area contributed by atoms with Gasteiger partial charge in [0.25, 0.3) is 0 Å². The van der Waals surface area contributed by atoms with Gasteiger partial charge < -0.3 is 16.8 Å². The van der Waals surface area contributed by atoms with Crippen LogP contribution in [-0.2, 0) is 9.59 Å². The van der Waals surface area contributed by atoms with E-state index in [-0.39, 0.29) is 5.82 Å². The number of benzene rings is 2. The summed E-state index contributed by atoms with van der Waals surface area (Å²) < 4.78 is 0. The predicted octanol–water partition coefficient (Wildman–Crippen LogP) is 3.29. The second-order valence-electron chi connectivity index (χ2n) is 8.43. The van der Waals surface area contributed by atoms with E-state index in [0.29, 0.717) is 22.8 Å². The van der Waals surface area contributed by atoms with Crippen LogP contribution in [0.1, 0.15) is 11.5 Å². The highest BCUT2D eigenvalue weighted by atomic mass is 16.2. The number of pyridine rings is 2. The summed E-state index contributed by atoms with van der Waals surface area (Å²) >= 11 is 0. The zero-order valence-electron chi connectivity index (χ0n) is 19.7. The molecule has 2 amide bonds. The number of aromatic nitrogens is 4. The molecule has 37 heavy (non-hydrogen) atoms. The van der Waals surface area contributed by atoms with Crippen LogP contribution >= 0.6 is 0 Å². The third-order valence-electron chi connectivity index (χ3n) is 5.96. The average Bonchev–Trinajstić information content (AvgIpc) is 2.93. The summed E-state index contributed by atoms with van der Waals surface area (Å²) in [7, 11) is 0. The van der Waals surface area contributed by atoms with Gasteiger partial charge >= 0.3 is 0 Å². The molecular weight excluding hydrogens is 466 g/mol. The first-order valence-corrected chi connectivity index (χ1v) is 11.5. The van der Waals surface area contributed by atoms with Gasteiger partial charge in [-0.1, -0.05) is 48.5 Å². The molecule has 0 bridgehead atoms. The van der Waals surface area contributed by atoms with Crippen molar-refractivity contribution in [3.63, 3.8) is 0 Å². The first kappa shape index (κ1) is 23.6. The van der Waals surface area contributed by atoms with Crippen molar-refractivity contribution < 1.29 is 9.59 Å². The number of carbonyl (C=O) groups is 2. The van der Waals surface area contributed by atoms with Gasteiger partial charge in [0.1, 0.15) is 17.6 Å². The number of anilines is 1. The van der Waals surface area contributed by atoms with Gasteiger partial charge in [0, 0.05) is 30.2 Å². The van der Waals surface area contributed by atoms with Crippen LogP contribution in [0.25, 0.3) is 33.5 Å². The molecular formula is C28H23N7O2. The van der Waals surface area contributed by atoms with Gasteiger partial charge in [-0.05, 0) is 40.6 Å². The van der Waals surface area contributed by atoms with Crippen LogP contribution in [0, 0.1) is 0 Å². The molecule has 0 fully saturated rings. The summed E-state index contributed by atoms with van der Waals surface area (Å²) in [5.74, 6) is -1.88. The Morgan fingerprint density at radius 1 is 0.757 bits per heavy atom. The van der Waals surface area contributed by atoms with E-state index in [1.54, 1.807) is 48.9 Å². The van der Waals surface area contributed by atoms with Crippen LogP contribution in [0.15, 0.2) is 97.5 Å². The Bertz CT molecular complexity index is 1520. The molecule has 2 unspecified atom stereocenters. The summed E-state index contributed by atoms with van der Waals surface area (Å²) in [4.78, 5) is 43.1. The van der Waals surface area contributed by atoms with E-state index in [4.69, 9.17) is 11.5 Å². The van der Waals surface area contributed by atoms with Crippen molar-refractivity contribution in [2.75, 3.05) is 5.32 Å². The van der Waals surface area contributed by atoms with Gasteiger partial charge in [0.2, 0.25) is 11.8 Å². The first-order valence-electron chi connectivity index (χ1n) is 11.5. The van der Waals surface area contributed by atoms with Gasteiger partial charge in [-0.25, -0.2) is 9.97 Å².